The Labute approximate surface area is 135 Å². The molecular formula is C17H20N4O2. The van der Waals surface area contributed by atoms with Crippen LogP contribution in [0.2, 0.25) is 0 Å². The number of methoxy groups -OCH3 is 1. The molecule has 0 aliphatic carbocycles. The summed E-state index contributed by atoms with van der Waals surface area (Å²) in [5.74, 6) is 0.641. The smallest absolute Gasteiger partial charge is 0.278 e. The van der Waals surface area contributed by atoms with Crippen molar-refractivity contribution in [2.45, 2.75) is 19.9 Å². The van der Waals surface area contributed by atoms with Crippen LogP contribution in [0.25, 0.3) is 0 Å². The highest BCUT2D eigenvalue weighted by atomic mass is 16.5. The van der Waals surface area contributed by atoms with Gasteiger partial charge in [0.25, 0.3) is 5.91 Å². The van der Waals surface area contributed by atoms with Crippen LogP contribution in [0, 0.1) is 5.92 Å². The highest BCUT2D eigenvalue weighted by Crippen LogP contribution is 2.33. The van der Waals surface area contributed by atoms with E-state index < -0.39 is 0 Å². The number of hydrogen-bond acceptors (Lipinski definition) is 5. The van der Waals surface area contributed by atoms with Crippen LogP contribution in [0.5, 0.6) is 5.88 Å². The largest absolute Gasteiger partial charge is 0.480 e. The van der Waals surface area contributed by atoms with Gasteiger partial charge >= 0.3 is 0 Å². The Morgan fingerprint density at radius 2 is 2.04 bits per heavy atom. The maximum atomic E-state index is 12.9. The van der Waals surface area contributed by atoms with Crippen LogP contribution < -0.4 is 15.0 Å². The molecule has 0 saturated heterocycles. The Hall–Kier alpha value is -2.63. The summed E-state index contributed by atoms with van der Waals surface area (Å²) in [7, 11) is 1.52. The van der Waals surface area contributed by atoms with Crippen molar-refractivity contribution in [3.63, 3.8) is 0 Å². The van der Waals surface area contributed by atoms with Crippen LogP contribution in [0.1, 0.15) is 24.3 Å². The van der Waals surface area contributed by atoms with Crippen LogP contribution in [-0.4, -0.2) is 35.8 Å². The lowest BCUT2D eigenvalue weighted by Gasteiger charge is -2.37. The Morgan fingerprint density at radius 3 is 2.70 bits per heavy atom. The zero-order chi connectivity index (χ0) is 16.4. The van der Waals surface area contributed by atoms with Gasteiger partial charge in [0.1, 0.15) is 0 Å². The maximum absolute atomic E-state index is 12.9. The van der Waals surface area contributed by atoms with E-state index in [1.54, 1.807) is 17.0 Å². The van der Waals surface area contributed by atoms with Crippen LogP contribution >= 0.6 is 0 Å². The van der Waals surface area contributed by atoms with E-state index in [0.717, 1.165) is 11.4 Å². The van der Waals surface area contributed by atoms with Crippen molar-refractivity contribution >= 4 is 17.3 Å². The molecule has 120 valence electrons. The van der Waals surface area contributed by atoms with Gasteiger partial charge in [-0.2, -0.15) is 0 Å². The fourth-order valence-corrected chi connectivity index (χ4v) is 2.62. The van der Waals surface area contributed by atoms with E-state index in [2.05, 4.69) is 29.4 Å². The van der Waals surface area contributed by atoms with Gasteiger partial charge < -0.3 is 15.0 Å². The van der Waals surface area contributed by atoms with Crippen molar-refractivity contribution in [2.24, 2.45) is 5.92 Å². The van der Waals surface area contributed by atoms with Gasteiger partial charge in [0.15, 0.2) is 5.69 Å². The minimum absolute atomic E-state index is 0.153. The number of benzene rings is 1. The molecule has 6 nitrogen and oxygen atoms in total. The fourth-order valence-electron chi connectivity index (χ4n) is 2.62. The SMILES string of the molecule is COc1ccc(C(=O)N2C[C@H](C(C)C)Nc3ccccc32)nn1. The molecule has 1 aromatic carbocycles. The van der Waals surface area contributed by atoms with E-state index in [1.165, 1.54) is 7.11 Å². The number of fused-ring (bicyclic) bond motifs is 1. The van der Waals surface area contributed by atoms with Gasteiger partial charge in [0, 0.05) is 18.7 Å². The molecule has 2 aromatic rings. The number of carbonyl (C=O) groups is 1. The van der Waals surface area contributed by atoms with Crippen molar-refractivity contribution in [2.75, 3.05) is 23.9 Å². The minimum Gasteiger partial charge on any atom is -0.480 e. The number of nitrogens with one attached hydrogen (secondary N) is 1. The van der Waals surface area contributed by atoms with Crippen molar-refractivity contribution in [3.05, 3.63) is 42.1 Å². The third-order valence-electron chi connectivity index (χ3n) is 4.03. The van der Waals surface area contributed by atoms with E-state index in [-0.39, 0.29) is 11.9 Å². The quantitative estimate of drug-likeness (QED) is 0.943. The molecule has 2 heterocycles. The Kier molecular flexibility index (Phi) is 4.14. The Bertz CT molecular complexity index is 700. The van der Waals surface area contributed by atoms with Crippen LogP contribution in [0.15, 0.2) is 36.4 Å². The third-order valence-corrected chi connectivity index (χ3v) is 4.03. The monoisotopic (exact) mass is 312 g/mol. The molecule has 0 radical (unpaired) electrons. The molecule has 23 heavy (non-hydrogen) atoms. The third kappa shape index (κ3) is 2.97. The number of para-hydroxylation sites is 2. The topological polar surface area (TPSA) is 67.3 Å². The summed E-state index contributed by atoms with van der Waals surface area (Å²) in [5, 5.41) is 11.4. The molecule has 0 fully saturated rings. The van der Waals surface area contributed by atoms with E-state index >= 15 is 0 Å². The second-order valence-electron chi connectivity index (χ2n) is 5.89. The minimum atomic E-state index is -0.153. The zero-order valence-corrected chi connectivity index (χ0v) is 13.5. The lowest BCUT2D eigenvalue weighted by atomic mass is 9.99. The normalized spacial score (nSPS) is 16.7. The summed E-state index contributed by atoms with van der Waals surface area (Å²) in [6, 6.07) is 11.3. The predicted octanol–water partition coefficient (Wildman–Crippen LogP) is 2.58. The molecule has 0 unspecified atom stereocenters. The number of carbonyl (C=O) groups excluding carboxylic acids is 1. The van der Waals surface area contributed by atoms with Gasteiger partial charge in [-0.15, -0.1) is 10.2 Å². The molecular weight excluding hydrogens is 292 g/mol. The molecule has 0 saturated carbocycles. The number of aromatic nitrogens is 2. The second kappa shape index (κ2) is 6.24. The number of ether oxygens (including phenoxy) is 1. The molecule has 1 atom stereocenters. The molecule has 0 spiro atoms. The molecule has 1 amide bonds. The van der Waals surface area contributed by atoms with Gasteiger partial charge in [-0.25, -0.2) is 0 Å². The van der Waals surface area contributed by atoms with Crippen LogP contribution in [-0.2, 0) is 0 Å². The summed E-state index contributed by atoms with van der Waals surface area (Å²) >= 11 is 0. The number of anilines is 2. The average Bonchev–Trinajstić information content (AvgIpc) is 2.60. The van der Waals surface area contributed by atoms with Crippen molar-refractivity contribution in [1.29, 1.82) is 0 Å². The molecule has 6 heteroatoms. The zero-order valence-electron chi connectivity index (χ0n) is 13.5. The van der Waals surface area contributed by atoms with Crippen molar-refractivity contribution in [1.82, 2.24) is 10.2 Å². The number of nitrogens with zero attached hydrogens (tertiary/aromatic N) is 3. The lowest BCUT2D eigenvalue weighted by Crippen LogP contribution is -2.47. The highest BCUT2D eigenvalue weighted by Gasteiger charge is 2.30. The predicted molar refractivity (Wildman–Crippen MR) is 89.0 cm³/mol. The van der Waals surface area contributed by atoms with E-state index in [0.29, 0.717) is 24.0 Å². The van der Waals surface area contributed by atoms with Crippen molar-refractivity contribution < 1.29 is 9.53 Å². The van der Waals surface area contributed by atoms with Gasteiger partial charge in [-0.05, 0) is 24.1 Å². The number of hydrogen-bond donors (Lipinski definition) is 1. The standard InChI is InChI=1S/C17H20N4O2/c1-11(2)14-10-21(15-7-5-4-6-12(15)18-14)17(22)13-8-9-16(23-3)20-19-13/h4-9,11,14,18H,10H2,1-3H3/t14-/m1/s1. The molecule has 0 bridgehead atoms. The first-order valence-electron chi connectivity index (χ1n) is 7.65. The lowest BCUT2D eigenvalue weighted by molar-refractivity contribution is 0.0977. The Morgan fingerprint density at radius 1 is 1.26 bits per heavy atom. The van der Waals surface area contributed by atoms with Crippen molar-refractivity contribution in [3.8, 4) is 5.88 Å². The molecule has 1 aromatic heterocycles. The highest BCUT2D eigenvalue weighted by molar-refractivity contribution is 6.07. The summed E-state index contributed by atoms with van der Waals surface area (Å²) in [6.07, 6.45) is 0. The second-order valence-corrected chi connectivity index (χ2v) is 5.89. The first kappa shape index (κ1) is 15.3. The molecule has 3 rings (SSSR count). The van der Waals surface area contributed by atoms with E-state index in [9.17, 15) is 4.79 Å². The first-order valence-corrected chi connectivity index (χ1v) is 7.65. The Balaban J connectivity index is 1.94. The van der Waals surface area contributed by atoms with Gasteiger partial charge in [0.2, 0.25) is 5.88 Å². The van der Waals surface area contributed by atoms with E-state index in [4.69, 9.17) is 4.74 Å². The number of amides is 1. The number of rotatable bonds is 3. The van der Waals surface area contributed by atoms with Gasteiger partial charge in [0.05, 0.1) is 18.5 Å². The summed E-state index contributed by atoms with van der Waals surface area (Å²) in [6.45, 7) is 4.88. The summed E-state index contributed by atoms with van der Waals surface area (Å²) in [5.41, 5.74) is 2.14. The molecule has 1 aliphatic heterocycles. The van der Waals surface area contributed by atoms with E-state index in [1.807, 2.05) is 24.3 Å². The maximum Gasteiger partial charge on any atom is 0.278 e. The fraction of sp³-hybridized carbons (Fsp3) is 0.353. The average molecular weight is 312 g/mol. The van der Waals surface area contributed by atoms with Gasteiger partial charge in [-0.3, -0.25) is 4.79 Å². The van der Waals surface area contributed by atoms with Crippen LogP contribution in [0.4, 0.5) is 11.4 Å². The summed E-state index contributed by atoms with van der Waals surface area (Å²) < 4.78 is 4.99. The van der Waals surface area contributed by atoms with Crippen LogP contribution in [0.3, 0.4) is 0 Å². The molecule has 1 N–H and O–H groups in total. The summed E-state index contributed by atoms with van der Waals surface area (Å²) in [4.78, 5) is 14.7. The first-order chi connectivity index (χ1) is 11.1. The van der Waals surface area contributed by atoms with Gasteiger partial charge in [-0.1, -0.05) is 26.0 Å². The molecule has 1 aliphatic rings.